The van der Waals surface area contributed by atoms with Gasteiger partial charge in [0.05, 0.1) is 22.5 Å². The zero-order valence-electron chi connectivity index (χ0n) is 21.0. The summed E-state index contributed by atoms with van der Waals surface area (Å²) in [7, 11) is -3.30. The number of pyridine rings is 1. The molecule has 0 aliphatic rings. The molecular formula is C29H23B2N3O6. The minimum Gasteiger partial charge on any atom is -0.423 e. The number of rotatable bonds is 7. The summed E-state index contributed by atoms with van der Waals surface area (Å²) in [5.41, 5.74) is 3.01. The van der Waals surface area contributed by atoms with Crippen molar-refractivity contribution >= 4 is 59.3 Å². The smallest absolute Gasteiger partial charge is 0.423 e. The zero-order valence-corrected chi connectivity index (χ0v) is 21.0. The lowest BCUT2D eigenvalue weighted by molar-refractivity contribution is 0.102. The molecule has 6 N–H and O–H groups in total. The predicted molar refractivity (Wildman–Crippen MR) is 156 cm³/mol. The van der Waals surface area contributed by atoms with Crippen molar-refractivity contribution in [1.29, 1.82) is 0 Å². The first kappa shape index (κ1) is 26.8. The van der Waals surface area contributed by atoms with Crippen LogP contribution in [0.2, 0.25) is 0 Å². The Hall–Kier alpha value is -4.80. The summed E-state index contributed by atoms with van der Waals surface area (Å²) < 4.78 is 0. The number of carbonyl (C=O) groups excluding carboxylic acids is 2. The number of benzene rings is 4. The summed E-state index contributed by atoms with van der Waals surface area (Å²) in [4.78, 5) is 32.0. The van der Waals surface area contributed by atoms with Gasteiger partial charge in [-0.25, -0.2) is 4.98 Å². The van der Waals surface area contributed by atoms with Crippen LogP contribution in [-0.2, 0) is 0 Å². The van der Waals surface area contributed by atoms with Gasteiger partial charge in [-0.05, 0) is 41.3 Å². The van der Waals surface area contributed by atoms with Gasteiger partial charge in [-0.15, -0.1) is 0 Å². The number of fused-ring (bicyclic) bond motifs is 1. The lowest BCUT2D eigenvalue weighted by Crippen LogP contribution is -2.29. The molecule has 11 heteroatoms. The normalized spacial score (nSPS) is 10.7. The van der Waals surface area contributed by atoms with Gasteiger partial charge in [0.1, 0.15) is 0 Å². The summed E-state index contributed by atoms with van der Waals surface area (Å²) in [5.74, 6) is -0.973. The molecule has 0 fully saturated rings. The van der Waals surface area contributed by atoms with Gasteiger partial charge < -0.3 is 30.7 Å². The Morgan fingerprint density at radius 1 is 0.625 bits per heavy atom. The Morgan fingerprint density at radius 2 is 1.20 bits per heavy atom. The number of carbonyl (C=O) groups is 2. The van der Waals surface area contributed by atoms with Crippen molar-refractivity contribution in [2.75, 3.05) is 10.6 Å². The first-order valence-corrected chi connectivity index (χ1v) is 12.3. The molecule has 0 aliphatic carbocycles. The van der Waals surface area contributed by atoms with Crippen molar-refractivity contribution in [3.63, 3.8) is 0 Å². The van der Waals surface area contributed by atoms with Crippen molar-refractivity contribution in [2.24, 2.45) is 0 Å². The monoisotopic (exact) mass is 531 g/mol. The van der Waals surface area contributed by atoms with Gasteiger partial charge in [-0.3, -0.25) is 9.59 Å². The van der Waals surface area contributed by atoms with Gasteiger partial charge in [0.15, 0.2) is 0 Å². The first-order valence-electron chi connectivity index (χ1n) is 12.3. The van der Waals surface area contributed by atoms with Gasteiger partial charge in [0, 0.05) is 22.2 Å². The number of hydrogen-bond acceptors (Lipinski definition) is 7. The molecule has 40 heavy (non-hydrogen) atoms. The second kappa shape index (κ2) is 11.5. The minimum absolute atomic E-state index is 0.169. The minimum atomic E-state index is -1.66. The maximum absolute atomic E-state index is 13.9. The number of aromatic nitrogens is 1. The van der Waals surface area contributed by atoms with Crippen LogP contribution in [0.5, 0.6) is 0 Å². The van der Waals surface area contributed by atoms with Crippen molar-refractivity contribution in [3.8, 4) is 11.3 Å². The molecule has 9 nitrogen and oxygen atoms in total. The van der Waals surface area contributed by atoms with Crippen LogP contribution in [0.3, 0.4) is 0 Å². The standard InChI is InChI=1S/C29H23B2N3O6/c35-28(19-6-2-1-3-7-19)34-27-25(29(36)32-22-16-14-21(15-17-22)31(39)40)23-8-4-5-9-24(23)33-26(27)18-10-12-20(13-11-18)30(37)38/h1-17,37-40H,(H,32,36)(H,34,35). The maximum atomic E-state index is 13.9. The van der Waals surface area contributed by atoms with Crippen LogP contribution in [0.15, 0.2) is 103 Å². The van der Waals surface area contributed by atoms with Gasteiger partial charge >= 0.3 is 14.2 Å². The quantitative estimate of drug-likeness (QED) is 0.175. The molecule has 0 bridgehead atoms. The number of anilines is 2. The highest BCUT2D eigenvalue weighted by Crippen LogP contribution is 2.35. The fourth-order valence-corrected chi connectivity index (χ4v) is 4.30. The summed E-state index contributed by atoms with van der Waals surface area (Å²) >= 11 is 0. The van der Waals surface area contributed by atoms with E-state index in [1.165, 1.54) is 36.4 Å². The fraction of sp³-hybridized carbons (Fsp3) is 0. The molecule has 0 saturated carbocycles. The summed E-state index contributed by atoms with van der Waals surface area (Å²) in [6, 6.07) is 27.9. The van der Waals surface area contributed by atoms with E-state index in [4.69, 9.17) is 4.98 Å². The van der Waals surface area contributed by atoms with E-state index in [2.05, 4.69) is 10.6 Å². The number of amides is 2. The third kappa shape index (κ3) is 5.63. The molecule has 0 spiro atoms. The number of hydrogen-bond donors (Lipinski definition) is 6. The first-order chi connectivity index (χ1) is 19.3. The Bertz CT molecular complexity index is 1680. The van der Waals surface area contributed by atoms with E-state index in [-0.39, 0.29) is 22.2 Å². The average Bonchev–Trinajstić information content (AvgIpc) is 2.97. The van der Waals surface area contributed by atoms with E-state index in [1.54, 1.807) is 66.7 Å². The second-order valence-electron chi connectivity index (χ2n) is 8.99. The van der Waals surface area contributed by atoms with Crippen LogP contribution in [0, 0.1) is 0 Å². The van der Waals surface area contributed by atoms with Crippen LogP contribution in [-0.4, -0.2) is 51.1 Å². The lowest BCUT2D eigenvalue weighted by Gasteiger charge is -2.18. The van der Waals surface area contributed by atoms with Gasteiger partial charge in [-0.2, -0.15) is 0 Å². The molecule has 5 aromatic rings. The molecule has 0 radical (unpaired) electrons. The lowest BCUT2D eigenvalue weighted by atomic mass is 9.80. The maximum Gasteiger partial charge on any atom is 0.488 e. The summed E-state index contributed by atoms with van der Waals surface area (Å²) in [6.45, 7) is 0. The highest BCUT2D eigenvalue weighted by molar-refractivity contribution is 6.59. The molecule has 196 valence electrons. The second-order valence-corrected chi connectivity index (χ2v) is 8.99. The van der Waals surface area contributed by atoms with Crippen molar-refractivity contribution in [1.82, 2.24) is 4.98 Å². The molecule has 0 unspecified atom stereocenters. The van der Waals surface area contributed by atoms with E-state index in [1.807, 2.05) is 0 Å². The van der Waals surface area contributed by atoms with Gasteiger partial charge in [-0.1, -0.05) is 72.8 Å². The van der Waals surface area contributed by atoms with Crippen LogP contribution < -0.4 is 21.6 Å². The van der Waals surface area contributed by atoms with E-state index in [0.29, 0.717) is 33.4 Å². The molecule has 0 aliphatic heterocycles. The third-order valence-corrected chi connectivity index (χ3v) is 6.34. The number of nitrogens with one attached hydrogen (secondary N) is 2. The highest BCUT2D eigenvalue weighted by atomic mass is 16.4. The SMILES string of the molecule is O=C(Nc1c(-c2ccc(B(O)O)cc2)nc2ccccc2c1C(=O)Nc1ccc(B(O)O)cc1)c1ccccc1. The van der Waals surface area contributed by atoms with Crippen LogP contribution >= 0.6 is 0 Å². The molecule has 0 atom stereocenters. The highest BCUT2D eigenvalue weighted by Gasteiger charge is 2.24. The average molecular weight is 531 g/mol. The fourth-order valence-electron chi connectivity index (χ4n) is 4.30. The molecule has 5 rings (SSSR count). The van der Waals surface area contributed by atoms with E-state index >= 15 is 0 Å². The van der Waals surface area contributed by atoms with E-state index in [9.17, 15) is 29.7 Å². The van der Waals surface area contributed by atoms with Crippen LogP contribution in [0.25, 0.3) is 22.2 Å². The molecule has 1 heterocycles. The van der Waals surface area contributed by atoms with E-state index in [0.717, 1.165) is 0 Å². The molecule has 1 aromatic heterocycles. The van der Waals surface area contributed by atoms with Crippen LogP contribution in [0.4, 0.5) is 11.4 Å². The largest absolute Gasteiger partial charge is 0.488 e. The predicted octanol–water partition coefficient (Wildman–Crippen LogP) is 1.77. The Balaban J connectivity index is 1.67. The van der Waals surface area contributed by atoms with Gasteiger partial charge in [0.2, 0.25) is 0 Å². The molecule has 4 aromatic carbocycles. The molecule has 0 saturated heterocycles. The van der Waals surface area contributed by atoms with Gasteiger partial charge in [0.25, 0.3) is 11.8 Å². The van der Waals surface area contributed by atoms with Crippen LogP contribution in [0.1, 0.15) is 20.7 Å². The number of para-hydroxylation sites is 1. The summed E-state index contributed by atoms with van der Waals surface area (Å²) in [6.07, 6.45) is 0. The van der Waals surface area contributed by atoms with Crippen molar-refractivity contribution < 1.29 is 29.7 Å². The number of nitrogens with zero attached hydrogens (tertiary/aromatic N) is 1. The van der Waals surface area contributed by atoms with Crippen molar-refractivity contribution in [3.05, 3.63) is 114 Å². The van der Waals surface area contributed by atoms with E-state index < -0.39 is 26.1 Å². The third-order valence-electron chi connectivity index (χ3n) is 6.34. The topological polar surface area (TPSA) is 152 Å². The molecule has 2 amide bonds. The Kier molecular flexibility index (Phi) is 7.72. The summed E-state index contributed by atoms with van der Waals surface area (Å²) in [5, 5.41) is 44.0. The zero-order chi connectivity index (χ0) is 28.2. The van der Waals surface area contributed by atoms with Crippen molar-refractivity contribution in [2.45, 2.75) is 0 Å². The Morgan fingerprint density at radius 3 is 1.82 bits per heavy atom. The Labute approximate surface area is 230 Å². The molecular weight excluding hydrogens is 508 g/mol.